The Morgan fingerprint density at radius 1 is 1.14 bits per heavy atom. The molecule has 0 atom stereocenters. The zero-order valence-electron chi connectivity index (χ0n) is 12.1. The van der Waals surface area contributed by atoms with Crippen LogP contribution in [0.5, 0.6) is 11.5 Å². The number of methoxy groups -OCH3 is 1. The fourth-order valence-corrected chi connectivity index (χ4v) is 2.51. The Hall–Kier alpha value is -2.46. The maximum absolute atomic E-state index is 10.1. The lowest BCUT2D eigenvalue weighted by Crippen LogP contribution is -1.86. The SMILES string of the molecule is COc1ccc(-c2c(C)noc2-c2cc(Cl)ccc2O)cc1. The summed E-state index contributed by atoms with van der Waals surface area (Å²) in [6.07, 6.45) is 0. The third-order valence-electron chi connectivity index (χ3n) is 3.44. The molecular formula is C17H14ClNO3. The van der Waals surface area contributed by atoms with E-state index in [1.807, 2.05) is 31.2 Å². The molecule has 0 bridgehead atoms. The van der Waals surface area contributed by atoms with Crippen LogP contribution >= 0.6 is 11.6 Å². The molecule has 0 saturated carbocycles. The van der Waals surface area contributed by atoms with Crippen molar-refractivity contribution < 1.29 is 14.4 Å². The van der Waals surface area contributed by atoms with Gasteiger partial charge in [-0.05, 0) is 42.8 Å². The molecule has 0 fully saturated rings. The summed E-state index contributed by atoms with van der Waals surface area (Å²) in [7, 11) is 1.62. The number of hydrogen-bond donors (Lipinski definition) is 1. The standard InChI is InChI=1S/C17H14ClNO3/c1-10-16(11-3-6-13(21-2)7-4-11)17(22-19-10)14-9-12(18)5-8-15(14)20/h3-9,20H,1-2H3. The third-order valence-corrected chi connectivity index (χ3v) is 3.68. The van der Waals surface area contributed by atoms with Gasteiger partial charge in [-0.15, -0.1) is 0 Å². The molecular weight excluding hydrogens is 302 g/mol. The summed E-state index contributed by atoms with van der Waals surface area (Å²) in [6.45, 7) is 1.86. The third kappa shape index (κ3) is 2.53. The van der Waals surface area contributed by atoms with Gasteiger partial charge in [-0.2, -0.15) is 0 Å². The van der Waals surface area contributed by atoms with Crippen LogP contribution in [0, 0.1) is 6.92 Å². The number of ether oxygens (including phenoxy) is 1. The predicted molar refractivity (Wildman–Crippen MR) is 85.3 cm³/mol. The lowest BCUT2D eigenvalue weighted by Gasteiger charge is -2.06. The molecule has 0 aliphatic heterocycles. The molecule has 0 aliphatic rings. The first-order valence-corrected chi connectivity index (χ1v) is 7.07. The van der Waals surface area contributed by atoms with Gasteiger partial charge >= 0.3 is 0 Å². The van der Waals surface area contributed by atoms with Crippen molar-refractivity contribution in [1.82, 2.24) is 5.16 Å². The molecule has 1 heterocycles. The van der Waals surface area contributed by atoms with Crippen molar-refractivity contribution in [2.45, 2.75) is 6.92 Å². The normalized spacial score (nSPS) is 10.7. The summed E-state index contributed by atoms with van der Waals surface area (Å²) in [5.41, 5.74) is 2.99. The first-order valence-electron chi connectivity index (χ1n) is 6.69. The molecule has 0 saturated heterocycles. The average molecular weight is 316 g/mol. The summed E-state index contributed by atoms with van der Waals surface area (Å²) in [6, 6.07) is 12.4. The molecule has 2 aromatic carbocycles. The van der Waals surface area contributed by atoms with Crippen LogP contribution in [0.3, 0.4) is 0 Å². The number of aryl methyl sites for hydroxylation is 1. The van der Waals surface area contributed by atoms with E-state index in [2.05, 4.69) is 5.16 Å². The van der Waals surface area contributed by atoms with Crippen molar-refractivity contribution in [3.8, 4) is 33.9 Å². The van der Waals surface area contributed by atoms with Crippen LogP contribution in [0.1, 0.15) is 5.69 Å². The van der Waals surface area contributed by atoms with Gasteiger partial charge in [0.2, 0.25) is 0 Å². The number of nitrogens with zero attached hydrogens (tertiary/aromatic N) is 1. The summed E-state index contributed by atoms with van der Waals surface area (Å²) in [4.78, 5) is 0. The minimum Gasteiger partial charge on any atom is -0.507 e. The number of hydrogen-bond acceptors (Lipinski definition) is 4. The highest BCUT2D eigenvalue weighted by Gasteiger charge is 2.19. The van der Waals surface area contributed by atoms with Gasteiger partial charge in [-0.3, -0.25) is 0 Å². The fourth-order valence-electron chi connectivity index (χ4n) is 2.34. The quantitative estimate of drug-likeness (QED) is 0.762. The van der Waals surface area contributed by atoms with Crippen LogP contribution in [-0.2, 0) is 0 Å². The molecule has 0 amide bonds. The largest absolute Gasteiger partial charge is 0.507 e. The van der Waals surface area contributed by atoms with E-state index in [9.17, 15) is 5.11 Å². The van der Waals surface area contributed by atoms with E-state index < -0.39 is 0 Å². The summed E-state index contributed by atoms with van der Waals surface area (Å²) < 4.78 is 10.6. The fraction of sp³-hybridized carbons (Fsp3) is 0.118. The molecule has 1 aromatic heterocycles. The predicted octanol–water partition coefficient (Wildman–Crippen LogP) is 4.68. The highest BCUT2D eigenvalue weighted by atomic mass is 35.5. The van der Waals surface area contributed by atoms with Gasteiger partial charge in [0.15, 0.2) is 5.76 Å². The van der Waals surface area contributed by atoms with Crippen molar-refractivity contribution in [2.75, 3.05) is 7.11 Å². The van der Waals surface area contributed by atoms with Crippen molar-refractivity contribution >= 4 is 11.6 Å². The molecule has 5 heteroatoms. The van der Waals surface area contributed by atoms with Gasteiger partial charge in [0.1, 0.15) is 11.5 Å². The number of phenolic OH excluding ortho intramolecular Hbond substituents is 1. The Bertz CT molecular complexity index is 809. The highest BCUT2D eigenvalue weighted by molar-refractivity contribution is 6.31. The van der Waals surface area contributed by atoms with Crippen LogP contribution in [-0.4, -0.2) is 17.4 Å². The van der Waals surface area contributed by atoms with Gasteiger partial charge < -0.3 is 14.4 Å². The number of rotatable bonds is 3. The maximum atomic E-state index is 10.1. The minimum atomic E-state index is 0.0929. The van der Waals surface area contributed by atoms with Gasteiger partial charge in [0, 0.05) is 5.02 Å². The van der Waals surface area contributed by atoms with E-state index in [1.165, 1.54) is 6.07 Å². The second-order valence-corrected chi connectivity index (χ2v) is 5.30. The molecule has 0 unspecified atom stereocenters. The van der Waals surface area contributed by atoms with Crippen LogP contribution < -0.4 is 4.74 Å². The smallest absolute Gasteiger partial charge is 0.178 e. The van der Waals surface area contributed by atoms with Crippen molar-refractivity contribution in [1.29, 1.82) is 0 Å². The zero-order valence-corrected chi connectivity index (χ0v) is 12.9. The second-order valence-electron chi connectivity index (χ2n) is 4.86. The molecule has 0 spiro atoms. The molecule has 0 radical (unpaired) electrons. The van der Waals surface area contributed by atoms with Gasteiger partial charge in [0.25, 0.3) is 0 Å². The van der Waals surface area contributed by atoms with Crippen molar-refractivity contribution in [2.24, 2.45) is 0 Å². The van der Waals surface area contributed by atoms with E-state index in [4.69, 9.17) is 20.9 Å². The molecule has 22 heavy (non-hydrogen) atoms. The first-order chi connectivity index (χ1) is 10.6. The first kappa shape index (κ1) is 14.5. The maximum Gasteiger partial charge on any atom is 0.178 e. The van der Waals surface area contributed by atoms with Crippen LogP contribution in [0.4, 0.5) is 0 Å². The van der Waals surface area contributed by atoms with Crippen LogP contribution in [0.25, 0.3) is 22.5 Å². The number of phenols is 1. The monoisotopic (exact) mass is 315 g/mol. The molecule has 1 N–H and O–H groups in total. The number of aromatic hydroxyl groups is 1. The van der Waals surface area contributed by atoms with Gasteiger partial charge in [-0.1, -0.05) is 28.9 Å². The van der Waals surface area contributed by atoms with Gasteiger partial charge in [-0.25, -0.2) is 0 Å². The Balaban J connectivity index is 2.16. The Morgan fingerprint density at radius 3 is 2.55 bits per heavy atom. The van der Waals surface area contributed by atoms with Crippen molar-refractivity contribution in [3.05, 3.63) is 53.2 Å². The number of aromatic nitrogens is 1. The zero-order chi connectivity index (χ0) is 15.7. The Labute approximate surface area is 132 Å². The van der Waals surface area contributed by atoms with Crippen molar-refractivity contribution in [3.63, 3.8) is 0 Å². The Morgan fingerprint density at radius 2 is 1.86 bits per heavy atom. The second kappa shape index (κ2) is 5.73. The molecule has 3 aromatic rings. The molecule has 112 valence electrons. The van der Waals surface area contributed by atoms with Gasteiger partial charge in [0.05, 0.1) is 23.9 Å². The molecule has 4 nitrogen and oxygen atoms in total. The average Bonchev–Trinajstić information content (AvgIpc) is 2.91. The Kier molecular flexibility index (Phi) is 3.77. The van der Waals surface area contributed by atoms with Crippen LogP contribution in [0.2, 0.25) is 5.02 Å². The minimum absolute atomic E-state index is 0.0929. The highest BCUT2D eigenvalue weighted by Crippen LogP contribution is 2.40. The number of halogens is 1. The number of benzene rings is 2. The topological polar surface area (TPSA) is 55.5 Å². The molecule has 3 rings (SSSR count). The van der Waals surface area contributed by atoms with E-state index >= 15 is 0 Å². The van der Waals surface area contributed by atoms with E-state index in [1.54, 1.807) is 19.2 Å². The van der Waals surface area contributed by atoms with E-state index in [0.717, 1.165) is 22.6 Å². The van der Waals surface area contributed by atoms with Crippen LogP contribution in [0.15, 0.2) is 47.0 Å². The lowest BCUT2D eigenvalue weighted by molar-refractivity contribution is 0.415. The molecule has 0 aliphatic carbocycles. The van der Waals surface area contributed by atoms with E-state index in [0.29, 0.717) is 16.3 Å². The van der Waals surface area contributed by atoms with E-state index in [-0.39, 0.29) is 5.75 Å². The lowest BCUT2D eigenvalue weighted by atomic mass is 9.99. The summed E-state index contributed by atoms with van der Waals surface area (Å²) >= 11 is 6.02. The summed E-state index contributed by atoms with van der Waals surface area (Å²) in [5.74, 6) is 1.35. The summed E-state index contributed by atoms with van der Waals surface area (Å²) in [5, 5.41) is 14.6.